The van der Waals surface area contributed by atoms with Crippen molar-refractivity contribution < 1.29 is 13.9 Å². The van der Waals surface area contributed by atoms with Crippen LogP contribution in [0.2, 0.25) is 0 Å². The molecule has 2 atom stereocenters. The Morgan fingerprint density at radius 2 is 2.18 bits per heavy atom. The molecule has 6 heteroatoms. The molecular formula is C22H26FN3O2. The average Bonchev–Trinajstić information content (AvgIpc) is 3.27. The molecule has 28 heavy (non-hydrogen) atoms. The number of carbonyl (C=O) groups is 1. The van der Waals surface area contributed by atoms with Crippen LogP contribution in [0.25, 0.3) is 11.1 Å². The number of carbonyl (C=O) groups excluding carboxylic acids is 1. The molecule has 1 spiro atoms. The van der Waals surface area contributed by atoms with Gasteiger partial charge >= 0.3 is 0 Å². The van der Waals surface area contributed by atoms with Crippen LogP contribution in [0.4, 0.5) is 4.39 Å². The van der Waals surface area contributed by atoms with Gasteiger partial charge in [-0.25, -0.2) is 4.39 Å². The number of likely N-dealkylation sites (tertiary alicyclic amines) is 1. The molecule has 4 rings (SSSR count). The lowest BCUT2D eigenvalue weighted by Gasteiger charge is -2.23. The van der Waals surface area contributed by atoms with E-state index in [-0.39, 0.29) is 17.8 Å². The molecule has 2 fully saturated rings. The third-order valence-electron chi connectivity index (χ3n) is 5.89. The van der Waals surface area contributed by atoms with Gasteiger partial charge in [0.1, 0.15) is 11.4 Å². The van der Waals surface area contributed by atoms with Gasteiger partial charge in [-0.05, 0) is 61.6 Å². The molecule has 3 heterocycles. The van der Waals surface area contributed by atoms with Gasteiger partial charge < -0.3 is 9.64 Å². The lowest BCUT2D eigenvalue weighted by Crippen LogP contribution is -2.47. The molecule has 0 radical (unpaired) electrons. The normalized spacial score (nSPS) is 24.5. The highest BCUT2D eigenvalue weighted by Crippen LogP contribution is 2.39. The highest BCUT2D eigenvalue weighted by Gasteiger charge is 2.50. The summed E-state index contributed by atoms with van der Waals surface area (Å²) in [4.78, 5) is 18.8. The molecule has 1 amide bonds. The van der Waals surface area contributed by atoms with Crippen LogP contribution in [0, 0.1) is 5.82 Å². The number of pyridine rings is 1. The second-order valence-electron chi connectivity index (χ2n) is 7.72. The number of hydrogen-bond acceptors (Lipinski definition) is 4. The third-order valence-corrected chi connectivity index (χ3v) is 5.89. The summed E-state index contributed by atoms with van der Waals surface area (Å²) in [7, 11) is 1.85. The van der Waals surface area contributed by atoms with E-state index >= 15 is 0 Å². The predicted molar refractivity (Wildman–Crippen MR) is 105 cm³/mol. The zero-order valence-corrected chi connectivity index (χ0v) is 16.4. The standard InChI is InChI=1S/C22H26FN3O2/c1-3-28-14-15-4-5-18(23)17(12-15)16-7-10-24-20(13-16)19-6-8-22(25-19)9-11-26(2)21(22)27/h4-5,7,10,12-13,19,25H,3,6,8-9,11,14H2,1-2H3/t19-,22+/m1/s1. The molecule has 1 aromatic heterocycles. The first-order valence-corrected chi connectivity index (χ1v) is 9.88. The number of aromatic nitrogens is 1. The van der Waals surface area contributed by atoms with Crippen LogP contribution in [0.15, 0.2) is 36.5 Å². The molecule has 2 aromatic rings. The van der Waals surface area contributed by atoms with Crippen molar-refractivity contribution >= 4 is 5.91 Å². The van der Waals surface area contributed by atoms with E-state index in [2.05, 4.69) is 10.3 Å². The van der Waals surface area contributed by atoms with Gasteiger partial charge in [0.25, 0.3) is 0 Å². The number of nitrogens with zero attached hydrogens (tertiary/aromatic N) is 2. The summed E-state index contributed by atoms with van der Waals surface area (Å²) in [5.41, 5.74) is 2.67. The van der Waals surface area contributed by atoms with Crippen LogP contribution in [0.1, 0.15) is 43.5 Å². The third kappa shape index (κ3) is 3.42. The summed E-state index contributed by atoms with van der Waals surface area (Å²) in [6.07, 6.45) is 4.20. The summed E-state index contributed by atoms with van der Waals surface area (Å²) in [5, 5.41) is 3.53. The van der Waals surface area contributed by atoms with Crippen LogP contribution in [0.5, 0.6) is 0 Å². The molecule has 148 valence electrons. The van der Waals surface area contributed by atoms with E-state index in [1.54, 1.807) is 17.2 Å². The summed E-state index contributed by atoms with van der Waals surface area (Å²) < 4.78 is 19.9. The van der Waals surface area contributed by atoms with Gasteiger partial charge in [0, 0.05) is 32.0 Å². The highest BCUT2D eigenvalue weighted by atomic mass is 19.1. The molecule has 2 aliphatic heterocycles. The Morgan fingerprint density at radius 1 is 1.32 bits per heavy atom. The monoisotopic (exact) mass is 383 g/mol. The van der Waals surface area contributed by atoms with Gasteiger partial charge in [0.2, 0.25) is 5.91 Å². The van der Waals surface area contributed by atoms with Crippen LogP contribution < -0.4 is 5.32 Å². The minimum Gasteiger partial charge on any atom is -0.377 e. The number of halogens is 1. The number of benzene rings is 1. The summed E-state index contributed by atoms with van der Waals surface area (Å²) in [5.74, 6) is -0.0957. The topological polar surface area (TPSA) is 54.5 Å². The second-order valence-corrected chi connectivity index (χ2v) is 7.72. The summed E-state index contributed by atoms with van der Waals surface area (Å²) in [6, 6.07) is 8.84. The van der Waals surface area contributed by atoms with E-state index in [9.17, 15) is 9.18 Å². The van der Waals surface area contributed by atoms with Crippen LogP contribution >= 0.6 is 0 Å². The van der Waals surface area contributed by atoms with Crippen LogP contribution in [-0.4, -0.2) is 41.5 Å². The van der Waals surface area contributed by atoms with E-state index < -0.39 is 5.54 Å². The molecule has 0 aliphatic carbocycles. The fourth-order valence-corrected chi connectivity index (χ4v) is 4.30. The maximum Gasteiger partial charge on any atom is 0.242 e. The van der Waals surface area contributed by atoms with Gasteiger partial charge in [0.15, 0.2) is 0 Å². The van der Waals surface area contributed by atoms with E-state index in [4.69, 9.17) is 4.74 Å². The average molecular weight is 383 g/mol. The number of amides is 1. The Morgan fingerprint density at radius 3 is 2.93 bits per heavy atom. The summed E-state index contributed by atoms with van der Waals surface area (Å²) in [6.45, 7) is 3.80. The molecule has 0 bridgehead atoms. The Kier molecular flexibility index (Phi) is 5.17. The fraction of sp³-hybridized carbons (Fsp3) is 0.455. The van der Waals surface area contributed by atoms with E-state index in [1.807, 2.05) is 32.2 Å². The van der Waals surface area contributed by atoms with E-state index in [0.29, 0.717) is 18.8 Å². The zero-order chi connectivity index (χ0) is 19.7. The van der Waals surface area contributed by atoms with Gasteiger partial charge in [-0.15, -0.1) is 0 Å². The quantitative estimate of drug-likeness (QED) is 0.859. The molecule has 5 nitrogen and oxygen atoms in total. The van der Waals surface area contributed by atoms with Crippen LogP contribution in [0.3, 0.4) is 0 Å². The minimum atomic E-state index is -0.459. The zero-order valence-electron chi connectivity index (χ0n) is 16.4. The number of ether oxygens (including phenoxy) is 1. The van der Waals surface area contributed by atoms with Crippen molar-refractivity contribution in [2.24, 2.45) is 0 Å². The first-order chi connectivity index (χ1) is 13.5. The van der Waals surface area contributed by atoms with Crippen molar-refractivity contribution in [2.75, 3.05) is 20.2 Å². The maximum absolute atomic E-state index is 14.5. The van der Waals surface area contributed by atoms with Crippen molar-refractivity contribution in [1.82, 2.24) is 15.2 Å². The Balaban J connectivity index is 1.58. The van der Waals surface area contributed by atoms with Crippen molar-refractivity contribution in [3.8, 4) is 11.1 Å². The first-order valence-electron chi connectivity index (χ1n) is 9.88. The highest BCUT2D eigenvalue weighted by molar-refractivity contribution is 5.88. The Hall–Kier alpha value is -2.31. The second kappa shape index (κ2) is 7.60. The number of nitrogens with one attached hydrogen (secondary N) is 1. The molecule has 0 unspecified atom stereocenters. The van der Waals surface area contributed by atoms with Gasteiger partial charge in [-0.1, -0.05) is 6.07 Å². The Labute approximate surface area is 164 Å². The number of hydrogen-bond donors (Lipinski definition) is 1. The SMILES string of the molecule is CCOCc1ccc(F)c(-c2ccnc([C@H]3CC[C@@]4(CCN(C)C4=O)N3)c2)c1. The Bertz CT molecular complexity index is 888. The van der Waals surface area contributed by atoms with Crippen LogP contribution in [-0.2, 0) is 16.1 Å². The molecule has 0 saturated carbocycles. The lowest BCUT2D eigenvalue weighted by molar-refractivity contribution is -0.131. The number of rotatable bonds is 5. The lowest BCUT2D eigenvalue weighted by atomic mass is 9.96. The van der Waals surface area contributed by atoms with Crippen molar-refractivity contribution in [3.05, 3.63) is 53.6 Å². The van der Waals surface area contributed by atoms with Gasteiger partial charge in [-0.3, -0.25) is 15.1 Å². The maximum atomic E-state index is 14.5. The number of likely N-dealkylation sites (N-methyl/N-ethyl adjacent to an activating group) is 1. The van der Waals surface area contributed by atoms with E-state index in [1.165, 1.54) is 6.07 Å². The molecule has 2 aliphatic rings. The first kappa shape index (κ1) is 19.0. The summed E-state index contributed by atoms with van der Waals surface area (Å²) >= 11 is 0. The predicted octanol–water partition coefficient (Wildman–Crippen LogP) is 3.45. The molecule has 2 saturated heterocycles. The molecular weight excluding hydrogens is 357 g/mol. The smallest absolute Gasteiger partial charge is 0.242 e. The van der Waals surface area contributed by atoms with Crippen molar-refractivity contribution in [2.45, 2.75) is 44.4 Å². The molecule has 1 N–H and O–H groups in total. The van der Waals surface area contributed by atoms with Gasteiger partial charge in [-0.2, -0.15) is 0 Å². The molecule has 1 aromatic carbocycles. The fourth-order valence-electron chi connectivity index (χ4n) is 4.30. The van der Waals surface area contributed by atoms with Crippen molar-refractivity contribution in [3.63, 3.8) is 0 Å². The van der Waals surface area contributed by atoms with Crippen molar-refractivity contribution in [1.29, 1.82) is 0 Å². The minimum absolute atomic E-state index is 0.00469. The van der Waals surface area contributed by atoms with Gasteiger partial charge in [0.05, 0.1) is 18.3 Å². The van der Waals surface area contributed by atoms with E-state index in [0.717, 1.165) is 42.6 Å². The largest absolute Gasteiger partial charge is 0.377 e.